The van der Waals surface area contributed by atoms with Crippen LogP contribution >= 0.6 is 0 Å². The Kier molecular flexibility index (Phi) is 13.4. The first-order valence-electron chi connectivity index (χ1n) is 19.5. The molecule has 0 fully saturated rings. The first-order valence-corrected chi connectivity index (χ1v) is 22.3. The van der Waals surface area contributed by atoms with Gasteiger partial charge in [-0.3, -0.25) is 14.1 Å². The van der Waals surface area contributed by atoms with Crippen LogP contribution in [0.1, 0.15) is 68.0 Å². The standard InChI is InChI=1S/C47H49N3O7S2/c1-6-46(36-12-10-14-43(30-36)59(54,55)56)49-39-21-25-44(32(4)27-39)47(35-15-17-37(18-16-35)48-38-19-23-41(24-20-38)57-8-3)45-26-22-40(28-33(45)5)50(7-2)31-34-11-9-13-42(29-34)58(51,52)53/h9-30,46,48H,6-8,31H2,1-5H3,(H,51,52,53)(H,54,55,56)/b47-44+,49-39-. The van der Waals surface area contributed by atoms with Crippen LogP contribution < -0.4 is 15.0 Å². The topological polar surface area (TPSA) is 146 Å². The summed E-state index contributed by atoms with van der Waals surface area (Å²) in [5.41, 5.74) is 11.1. The van der Waals surface area contributed by atoms with Crippen molar-refractivity contribution in [2.45, 2.75) is 63.4 Å². The maximum atomic E-state index is 11.9. The SMILES string of the molecule is CCOc1ccc(Nc2ccc(/C(=C3C=C/C(=N/C(CC)c4cccc(S(=O)(=O)O)c4)C=C/3C)c3ccc(N(CC)Cc4cccc(S(=O)(=O)O)c4)cc3C)cc2)cc1. The molecular weight excluding hydrogens is 783 g/mol. The van der Waals surface area contributed by atoms with E-state index in [4.69, 9.17) is 9.73 Å². The number of hydrogen-bond donors (Lipinski definition) is 3. The third-order valence-corrected chi connectivity index (χ3v) is 11.8. The lowest BCUT2D eigenvalue weighted by Gasteiger charge is -2.26. The van der Waals surface area contributed by atoms with E-state index in [1.54, 1.807) is 12.1 Å². The molecule has 6 rings (SSSR count). The van der Waals surface area contributed by atoms with Crippen LogP contribution in [0.15, 0.2) is 159 Å². The van der Waals surface area contributed by atoms with Crippen molar-refractivity contribution in [1.29, 1.82) is 0 Å². The Labute approximate surface area is 347 Å². The van der Waals surface area contributed by atoms with Gasteiger partial charge in [0.1, 0.15) is 5.75 Å². The third kappa shape index (κ3) is 10.6. The van der Waals surface area contributed by atoms with E-state index in [0.29, 0.717) is 31.7 Å². The van der Waals surface area contributed by atoms with Crippen LogP contribution in [0.3, 0.4) is 0 Å². The highest BCUT2D eigenvalue weighted by Crippen LogP contribution is 2.37. The van der Waals surface area contributed by atoms with Crippen molar-refractivity contribution < 1.29 is 30.7 Å². The number of nitrogens with zero attached hydrogens (tertiary/aromatic N) is 2. The Morgan fingerprint density at radius 2 is 1.41 bits per heavy atom. The molecule has 5 aromatic rings. The molecule has 10 nitrogen and oxygen atoms in total. The van der Waals surface area contributed by atoms with Gasteiger partial charge in [-0.05, 0) is 164 Å². The summed E-state index contributed by atoms with van der Waals surface area (Å²) in [4.78, 5) is 6.85. The molecule has 0 heterocycles. The molecule has 1 aliphatic carbocycles. The van der Waals surface area contributed by atoms with E-state index in [-0.39, 0.29) is 15.8 Å². The van der Waals surface area contributed by atoms with Gasteiger partial charge in [0, 0.05) is 30.2 Å². The van der Waals surface area contributed by atoms with Crippen LogP contribution in [0.5, 0.6) is 5.75 Å². The van der Waals surface area contributed by atoms with Gasteiger partial charge in [0.25, 0.3) is 20.2 Å². The van der Waals surface area contributed by atoms with E-state index in [1.165, 1.54) is 24.3 Å². The van der Waals surface area contributed by atoms with Gasteiger partial charge in [-0.25, -0.2) is 0 Å². The summed E-state index contributed by atoms with van der Waals surface area (Å²) >= 11 is 0. The van der Waals surface area contributed by atoms with E-state index >= 15 is 0 Å². The summed E-state index contributed by atoms with van der Waals surface area (Å²) in [6, 6.07) is 34.8. The molecule has 1 aliphatic rings. The zero-order valence-corrected chi connectivity index (χ0v) is 35.4. The lowest BCUT2D eigenvalue weighted by molar-refractivity contribution is 0.340. The monoisotopic (exact) mass is 831 g/mol. The molecule has 0 bridgehead atoms. The largest absolute Gasteiger partial charge is 0.494 e. The summed E-state index contributed by atoms with van der Waals surface area (Å²) in [7, 11) is -8.68. The number of allylic oxidation sites excluding steroid dienone is 5. The first kappa shape index (κ1) is 42.8. The fourth-order valence-electron chi connectivity index (χ4n) is 7.15. The highest BCUT2D eigenvalue weighted by atomic mass is 32.2. The summed E-state index contributed by atoms with van der Waals surface area (Å²) in [6.07, 6.45) is 6.71. The Bertz CT molecular complexity index is 2670. The Hall–Kier alpha value is -5.79. The second kappa shape index (κ2) is 18.4. The van der Waals surface area contributed by atoms with Gasteiger partial charge in [-0.15, -0.1) is 0 Å². The van der Waals surface area contributed by atoms with E-state index < -0.39 is 20.2 Å². The number of ether oxygens (including phenoxy) is 1. The molecule has 0 aromatic heterocycles. The molecule has 5 aromatic carbocycles. The highest BCUT2D eigenvalue weighted by molar-refractivity contribution is 7.86. The van der Waals surface area contributed by atoms with Gasteiger partial charge in [0.05, 0.1) is 28.2 Å². The van der Waals surface area contributed by atoms with Gasteiger partial charge in [-0.2, -0.15) is 16.8 Å². The molecule has 12 heteroatoms. The Morgan fingerprint density at radius 1 is 0.763 bits per heavy atom. The predicted octanol–water partition coefficient (Wildman–Crippen LogP) is 10.6. The average molecular weight is 832 g/mol. The molecule has 0 amide bonds. The number of rotatable bonds is 15. The first-order chi connectivity index (χ1) is 28.2. The third-order valence-electron chi connectivity index (χ3n) is 10.1. The van der Waals surface area contributed by atoms with Gasteiger partial charge < -0.3 is 15.0 Å². The summed E-state index contributed by atoms with van der Waals surface area (Å²) in [5.74, 6) is 0.813. The number of anilines is 3. The Balaban J connectivity index is 1.37. The average Bonchev–Trinajstić information content (AvgIpc) is 3.21. The second-order valence-electron chi connectivity index (χ2n) is 14.3. The number of aliphatic imine (C=N–C) groups is 1. The predicted molar refractivity (Wildman–Crippen MR) is 237 cm³/mol. The van der Waals surface area contributed by atoms with Gasteiger partial charge in [0.2, 0.25) is 0 Å². The van der Waals surface area contributed by atoms with Crippen LogP contribution in [0.4, 0.5) is 17.1 Å². The molecule has 1 unspecified atom stereocenters. The van der Waals surface area contributed by atoms with Crippen molar-refractivity contribution in [3.05, 3.63) is 172 Å². The van der Waals surface area contributed by atoms with Crippen molar-refractivity contribution >= 4 is 48.6 Å². The number of benzene rings is 5. The summed E-state index contributed by atoms with van der Waals surface area (Å²) in [6.45, 7) is 11.8. The molecule has 306 valence electrons. The van der Waals surface area contributed by atoms with Gasteiger partial charge in [0.15, 0.2) is 0 Å². The molecule has 0 saturated heterocycles. The van der Waals surface area contributed by atoms with E-state index in [2.05, 4.69) is 72.6 Å². The minimum Gasteiger partial charge on any atom is -0.494 e. The van der Waals surface area contributed by atoms with Crippen molar-refractivity contribution in [2.24, 2.45) is 4.99 Å². The molecular formula is C47H49N3O7S2. The van der Waals surface area contributed by atoms with Crippen molar-refractivity contribution in [2.75, 3.05) is 23.4 Å². The van der Waals surface area contributed by atoms with E-state index in [1.807, 2.05) is 69.3 Å². The minimum atomic E-state index is -4.35. The summed E-state index contributed by atoms with van der Waals surface area (Å²) in [5, 5.41) is 3.48. The second-order valence-corrected chi connectivity index (χ2v) is 17.1. The maximum absolute atomic E-state index is 11.9. The van der Waals surface area contributed by atoms with Crippen LogP contribution in [-0.4, -0.2) is 44.8 Å². The molecule has 1 atom stereocenters. The van der Waals surface area contributed by atoms with Crippen LogP contribution in [0, 0.1) is 6.92 Å². The lowest BCUT2D eigenvalue weighted by atomic mass is 9.85. The quantitative estimate of drug-likeness (QED) is 0.0878. The number of aryl methyl sites for hydroxylation is 1. The van der Waals surface area contributed by atoms with E-state index in [0.717, 1.165) is 67.5 Å². The zero-order valence-electron chi connectivity index (χ0n) is 33.8. The minimum absolute atomic E-state index is 0.136. The van der Waals surface area contributed by atoms with Gasteiger partial charge >= 0.3 is 0 Å². The molecule has 59 heavy (non-hydrogen) atoms. The zero-order chi connectivity index (χ0) is 42.3. The smallest absolute Gasteiger partial charge is 0.294 e. The van der Waals surface area contributed by atoms with Crippen molar-refractivity contribution in [3.63, 3.8) is 0 Å². The van der Waals surface area contributed by atoms with Crippen LogP contribution in [0.25, 0.3) is 5.57 Å². The maximum Gasteiger partial charge on any atom is 0.294 e. The lowest BCUT2D eigenvalue weighted by Crippen LogP contribution is -2.22. The molecule has 3 N–H and O–H groups in total. The molecule has 0 spiro atoms. The number of nitrogens with one attached hydrogen (secondary N) is 1. The van der Waals surface area contributed by atoms with Crippen molar-refractivity contribution in [1.82, 2.24) is 0 Å². The Morgan fingerprint density at radius 3 is 2.00 bits per heavy atom. The van der Waals surface area contributed by atoms with E-state index in [9.17, 15) is 25.9 Å². The normalized spacial score (nSPS) is 15.1. The summed E-state index contributed by atoms with van der Waals surface area (Å²) < 4.78 is 72.2. The van der Waals surface area contributed by atoms with Crippen LogP contribution in [-0.2, 0) is 26.8 Å². The number of hydrogen-bond acceptors (Lipinski definition) is 8. The highest BCUT2D eigenvalue weighted by Gasteiger charge is 2.20. The van der Waals surface area contributed by atoms with Crippen LogP contribution in [0.2, 0.25) is 0 Å². The fourth-order valence-corrected chi connectivity index (χ4v) is 8.24. The molecule has 0 saturated carbocycles. The van der Waals surface area contributed by atoms with Crippen molar-refractivity contribution in [3.8, 4) is 5.75 Å². The molecule has 0 radical (unpaired) electrons. The molecule has 0 aliphatic heterocycles. The van der Waals surface area contributed by atoms with Gasteiger partial charge in [-0.1, -0.05) is 55.5 Å². The fraction of sp³-hybridized carbons (Fsp3) is 0.213.